The number of hydrogen-bond donors (Lipinski definition) is 3. The summed E-state index contributed by atoms with van der Waals surface area (Å²) < 4.78 is 5.16. The highest BCUT2D eigenvalue weighted by atomic mass is 16.6. The lowest BCUT2D eigenvalue weighted by Gasteiger charge is -2.32. The molecule has 37 heavy (non-hydrogen) atoms. The molecule has 1 saturated carbocycles. The Morgan fingerprint density at radius 2 is 1.65 bits per heavy atom. The van der Waals surface area contributed by atoms with Gasteiger partial charge in [-0.25, -0.2) is 4.79 Å². The van der Waals surface area contributed by atoms with E-state index in [0.29, 0.717) is 19.4 Å². The van der Waals surface area contributed by atoms with Crippen LogP contribution in [0.25, 0.3) is 0 Å². The minimum Gasteiger partial charge on any atom is -0.444 e. The van der Waals surface area contributed by atoms with Crippen LogP contribution in [0.3, 0.4) is 0 Å². The van der Waals surface area contributed by atoms with E-state index in [1.165, 1.54) is 4.90 Å². The highest BCUT2D eigenvalue weighted by Gasteiger charge is 2.43. The fraction of sp³-hybridized carbons (Fsp3) is 0.815. The first-order valence-electron chi connectivity index (χ1n) is 13.6. The zero-order valence-corrected chi connectivity index (χ0v) is 23.7. The van der Waals surface area contributed by atoms with Gasteiger partial charge in [-0.1, -0.05) is 53.4 Å². The van der Waals surface area contributed by atoms with Crippen LogP contribution < -0.4 is 16.4 Å². The van der Waals surface area contributed by atoms with Gasteiger partial charge in [-0.2, -0.15) is 0 Å². The van der Waals surface area contributed by atoms with Crippen molar-refractivity contribution in [3.8, 4) is 0 Å². The number of carbonyl (C=O) groups is 5. The molecule has 10 heteroatoms. The van der Waals surface area contributed by atoms with Gasteiger partial charge in [0.1, 0.15) is 18.2 Å². The molecule has 2 fully saturated rings. The molecule has 1 heterocycles. The highest BCUT2D eigenvalue weighted by molar-refractivity contribution is 6.37. The topological polar surface area (TPSA) is 148 Å². The molecule has 0 aromatic carbocycles. The number of amides is 4. The number of hydrogen-bond acceptors (Lipinski definition) is 6. The normalized spacial score (nSPS) is 20.3. The van der Waals surface area contributed by atoms with Crippen molar-refractivity contribution >= 4 is 29.6 Å². The Bertz CT molecular complexity index is 800. The summed E-state index contributed by atoms with van der Waals surface area (Å²) in [5, 5.41) is 5.15. The molecule has 4 N–H and O–H groups in total. The maximum Gasteiger partial charge on any atom is 0.408 e. The second-order valence-corrected chi connectivity index (χ2v) is 11.8. The first-order chi connectivity index (χ1) is 17.2. The van der Waals surface area contributed by atoms with Gasteiger partial charge in [0, 0.05) is 6.54 Å². The number of alkyl carbamates (subject to hydrolysis) is 1. The number of primary amides is 1. The van der Waals surface area contributed by atoms with E-state index in [9.17, 15) is 24.0 Å². The lowest BCUT2D eigenvalue weighted by atomic mass is 9.80. The second-order valence-electron chi connectivity index (χ2n) is 11.8. The minimum atomic E-state index is -1.08. The lowest BCUT2D eigenvalue weighted by molar-refractivity contribution is -0.142. The Balaban J connectivity index is 0.00000159. The molecule has 2 unspecified atom stereocenters. The van der Waals surface area contributed by atoms with E-state index in [1.54, 1.807) is 20.8 Å². The lowest BCUT2D eigenvalue weighted by Crippen LogP contribution is -2.56. The fourth-order valence-corrected chi connectivity index (χ4v) is 4.45. The van der Waals surface area contributed by atoms with Crippen molar-refractivity contribution in [1.82, 2.24) is 15.5 Å². The number of likely N-dealkylation sites (tertiary alicyclic amines) is 1. The average molecular weight is 525 g/mol. The second kappa shape index (κ2) is 14.9. The summed E-state index contributed by atoms with van der Waals surface area (Å²) in [7, 11) is 0. The number of ether oxygens (including phenoxy) is 1. The van der Waals surface area contributed by atoms with Crippen LogP contribution >= 0.6 is 0 Å². The van der Waals surface area contributed by atoms with Crippen LogP contribution in [0.2, 0.25) is 0 Å². The number of ketones is 1. The van der Waals surface area contributed by atoms with Gasteiger partial charge < -0.3 is 26.0 Å². The third-order valence-electron chi connectivity index (χ3n) is 6.22. The van der Waals surface area contributed by atoms with Crippen LogP contribution in [0.4, 0.5) is 4.79 Å². The van der Waals surface area contributed by atoms with E-state index in [-0.39, 0.29) is 18.4 Å². The summed E-state index contributed by atoms with van der Waals surface area (Å²) >= 11 is 0. The summed E-state index contributed by atoms with van der Waals surface area (Å²) in [6, 6.07) is -1.76. The Morgan fingerprint density at radius 1 is 1.05 bits per heavy atom. The molecule has 3 atom stereocenters. The summed E-state index contributed by atoms with van der Waals surface area (Å²) in [6.07, 6.45) is 4.81. The SMILES string of the molecule is CC(C)C.CCC[C@H]1CCN(C(=O)CNC(=O)OC(C)(C)C)C1C(=O)NC(CC1CCC1)C(=O)C(N)=O. The molecule has 0 bridgehead atoms. The number of Topliss-reactive ketones (excluding diaryl/α,β-unsaturated/α-hetero) is 1. The van der Waals surface area contributed by atoms with Crippen molar-refractivity contribution in [3.63, 3.8) is 0 Å². The first-order valence-corrected chi connectivity index (χ1v) is 13.6. The number of nitrogens with one attached hydrogen (secondary N) is 2. The molecular formula is C27H48N4O6. The van der Waals surface area contributed by atoms with Crippen molar-refractivity contribution < 1.29 is 28.7 Å². The summed E-state index contributed by atoms with van der Waals surface area (Å²) in [5.41, 5.74) is 4.51. The van der Waals surface area contributed by atoms with E-state index in [2.05, 4.69) is 31.4 Å². The third-order valence-corrected chi connectivity index (χ3v) is 6.22. The average Bonchev–Trinajstić information content (AvgIpc) is 3.15. The van der Waals surface area contributed by atoms with Crippen LogP contribution in [0, 0.1) is 17.8 Å². The van der Waals surface area contributed by atoms with E-state index < -0.39 is 47.3 Å². The van der Waals surface area contributed by atoms with Gasteiger partial charge in [-0.3, -0.25) is 19.2 Å². The van der Waals surface area contributed by atoms with Crippen molar-refractivity contribution in [2.75, 3.05) is 13.1 Å². The maximum absolute atomic E-state index is 13.3. The van der Waals surface area contributed by atoms with Gasteiger partial charge in [0.2, 0.25) is 17.6 Å². The number of carbonyl (C=O) groups excluding carboxylic acids is 5. The Labute approximate surface area is 221 Å². The summed E-state index contributed by atoms with van der Waals surface area (Å²) in [5.74, 6) is -1.74. The van der Waals surface area contributed by atoms with Gasteiger partial charge in [0.15, 0.2) is 0 Å². The van der Waals surface area contributed by atoms with E-state index >= 15 is 0 Å². The molecular weight excluding hydrogens is 476 g/mol. The molecule has 1 aliphatic carbocycles. The van der Waals surface area contributed by atoms with Crippen LogP contribution in [0.1, 0.15) is 93.4 Å². The molecule has 212 valence electrons. The highest BCUT2D eigenvalue weighted by Crippen LogP contribution is 2.32. The molecule has 10 nitrogen and oxygen atoms in total. The zero-order chi connectivity index (χ0) is 28.3. The zero-order valence-electron chi connectivity index (χ0n) is 23.7. The van der Waals surface area contributed by atoms with E-state index in [0.717, 1.165) is 38.0 Å². The van der Waals surface area contributed by atoms with Gasteiger partial charge in [0.05, 0.1) is 6.04 Å². The minimum absolute atomic E-state index is 0.0755. The largest absolute Gasteiger partial charge is 0.444 e. The van der Waals surface area contributed by atoms with Gasteiger partial charge in [0.25, 0.3) is 5.91 Å². The van der Waals surface area contributed by atoms with Crippen LogP contribution in [-0.4, -0.2) is 65.3 Å². The van der Waals surface area contributed by atoms with Crippen molar-refractivity contribution in [1.29, 1.82) is 0 Å². The quantitative estimate of drug-likeness (QED) is 0.374. The third kappa shape index (κ3) is 11.5. The molecule has 2 rings (SSSR count). The van der Waals surface area contributed by atoms with Gasteiger partial charge in [-0.05, 0) is 57.8 Å². The predicted molar refractivity (Wildman–Crippen MR) is 141 cm³/mol. The van der Waals surface area contributed by atoms with E-state index in [4.69, 9.17) is 10.5 Å². The number of rotatable bonds is 10. The van der Waals surface area contributed by atoms with Crippen LogP contribution in [-0.2, 0) is 23.9 Å². The molecule has 0 aromatic rings. The monoisotopic (exact) mass is 524 g/mol. The van der Waals surface area contributed by atoms with Gasteiger partial charge >= 0.3 is 6.09 Å². The summed E-state index contributed by atoms with van der Waals surface area (Å²) in [6.45, 7) is 13.7. The maximum atomic E-state index is 13.3. The Hall–Kier alpha value is -2.65. The molecule has 2 aliphatic rings. The smallest absolute Gasteiger partial charge is 0.408 e. The molecule has 0 spiro atoms. The molecule has 1 aliphatic heterocycles. The van der Waals surface area contributed by atoms with Crippen molar-refractivity contribution in [2.45, 2.75) is 111 Å². The standard InChI is InChI=1S/C23H38N4O6.C4H10/c1-5-7-15-10-11-27(17(28)13-25-22(32)33-23(2,3)4)18(15)21(31)26-16(19(29)20(24)30)12-14-8-6-9-14;1-4(2)3/h14-16,18H,5-13H2,1-4H3,(H2,24,30)(H,25,32)(H,26,31);4H,1-3H3/t15-,16?,18?;/m0./s1. The molecule has 1 saturated heterocycles. The summed E-state index contributed by atoms with van der Waals surface area (Å²) in [4.78, 5) is 63.4. The van der Waals surface area contributed by atoms with Crippen LogP contribution in [0.5, 0.6) is 0 Å². The van der Waals surface area contributed by atoms with Gasteiger partial charge in [-0.15, -0.1) is 0 Å². The fourth-order valence-electron chi connectivity index (χ4n) is 4.45. The Morgan fingerprint density at radius 3 is 2.11 bits per heavy atom. The molecule has 4 amide bonds. The molecule has 0 aromatic heterocycles. The van der Waals surface area contributed by atoms with Crippen LogP contribution in [0.15, 0.2) is 0 Å². The number of nitrogens with two attached hydrogens (primary N) is 1. The van der Waals surface area contributed by atoms with Crippen molar-refractivity contribution in [2.24, 2.45) is 23.5 Å². The predicted octanol–water partition coefficient (Wildman–Crippen LogP) is 2.92. The molecule has 0 radical (unpaired) electrons. The first kappa shape index (κ1) is 32.4. The number of nitrogens with zero attached hydrogens (tertiary/aromatic N) is 1. The Kier molecular flexibility index (Phi) is 13.1. The van der Waals surface area contributed by atoms with Crippen molar-refractivity contribution in [3.05, 3.63) is 0 Å². The van der Waals surface area contributed by atoms with E-state index in [1.807, 2.05) is 6.92 Å².